The lowest BCUT2D eigenvalue weighted by molar-refractivity contribution is 0.102. The highest BCUT2D eigenvalue weighted by molar-refractivity contribution is 7.12. The highest BCUT2D eigenvalue weighted by atomic mass is 32.1. The number of likely N-dealkylation sites (tertiary alicyclic amines) is 1. The molecule has 3 nitrogen and oxygen atoms in total. The lowest BCUT2D eigenvalue weighted by Crippen LogP contribution is -2.23. The quantitative estimate of drug-likeness (QED) is 0.804. The summed E-state index contributed by atoms with van der Waals surface area (Å²) in [6, 6.07) is 8.56. The van der Waals surface area contributed by atoms with Gasteiger partial charge in [0, 0.05) is 12.7 Å². The SMILES string of the molecule is CC(=O)c1cc(CN2CCC[C@H]2c2ccccn2)cs1. The summed E-state index contributed by atoms with van der Waals surface area (Å²) in [6.45, 7) is 3.64. The molecule has 0 unspecified atom stereocenters. The van der Waals surface area contributed by atoms with Gasteiger partial charge >= 0.3 is 0 Å². The van der Waals surface area contributed by atoms with Crippen molar-refractivity contribution in [3.05, 3.63) is 52.0 Å². The minimum atomic E-state index is 0.156. The number of hydrogen-bond acceptors (Lipinski definition) is 4. The first kappa shape index (κ1) is 13.5. The topological polar surface area (TPSA) is 33.2 Å². The fraction of sp³-hybridized carbons (Fsp3) is 0.375. The van der Waals surface area contributed by atoms with Crippen molar-refractivity contribution in [2.24, 2.45) is 0 Å². The Morgan fingerprint density at radius 3 is 3.10 bits per heavy atom. The Labute approximate surface area is 123 Å². The molecule has 1 aliphatic rings. The van der Waals surface area contributed by atoms with Crippen LogP contribution < -0.4 is 0 Å². The molecule has 2 aromatic heterocycles. The van der Waals surface area contributed by atoms with E-state index in [1.807, 2.05) is 18.3 Å². The molecule has 3 heterocycles. The predicted molar refractivity (Wildman–Crippen MR) is 80.9 cm³/mol. The molecule has 1 atom stereocenters. The number of thiophene rings is 1. The van der Waals surface area contributed by atoms with Crippen molar-refractivity contribution in [3.63, 3.8) is 0 Å². The van der Waals surface area contributed by atoms with Gasteiger partial charge in [0.05, 0.1) is 16.6 Å². The average Bonchev–Trinajstić information content (AvgIpc) is 3.09. The second-order valence-corrected chi connectivity index (χ2v) is 6.17. The molecule has 0 amide bonds. The normalized spacial score (nSPS) is 19.4. The maximum absolute atomic E-state index is 11.4. The van der Waals surface area contributed by atoms with Gasteiger partial charge in [-0.2, -0.15) is 0 Å². The Morgan fingerprint density at radius 2 is 2.40 bits per heavy atom. The van der Waals surface area contributed by atoms with Crippen molar-refractivity contribution in [3.8, 4) is 0 Å². The Hall–Kier alpha value is -1.52. The van der Waals surface area contributed by atoms with Crippen LogP contribution in [0.4, 0.5) is 0 Å². The molecule has 3 rings (SSSR count). The standard InChI is InChI=1S/C16H18N2OS/c1-12(19)16-9-13(11-20-16)10-18-8-4-6-15(18)14-5-2-3-7-17-14/h2-3,5,7,9,11,15H,4,6,8,10H2,1H3/t15-/m0/s1. The van der Waals surface area contributed by atoms with Crippen LogP contribution in [0.15, 0.2) is 35.8 Å². The first-order valence-electron chi connectivity index (χ1n) is 6.97. The molecule has 0 spiro atoms. The van der Waals surface area contributed by atoms with E-state index in [9.17, 15) is 4.79 Å². The number of pyridine rings is 1. The Balaban J connectivity index is 1.74. The monoisotopic (exact) mass is 286 g/mol. The maximum Gasteiger partial charge on any atom is 0.169 e. The molecule has 0 bridgehead atoms. The number of hydrogen-bond donors (Lipinski definition) is 0. The van der Waals surface area contributed by atoms with E-state index in [1.165, 1.54) is 18.4 Å². The molecule has 2 aromatic rings. The van der Waals surface area contributed by atoms with Crippen LogP contribution in [0.3, 0.4) is 0 Å². The third kappa shape index (κ3) is 2.81. The first-order valence-corrected chi connectivity index (χ1v) is 7.85. The van der Waals surface area contributed by atoms with Crippen molar-refractivity contribution < 1.29 is 4.79 Å². The molecule has 4 heteroatoms. The second kappa shape index (κ2) is 5.85. The number of carbonyl (C=O) groups excluding carboxylic acids is 1. The van der Waals surface area contributed by atoms with Gasteiger partial charge in [0.1, 0.15) is 0 Å². The van der Waals surface area contributed by atoms with E-state index in [2.05, 4.69) is 27.4 Å². The number of aromatic nitrogens is 1. The Kier molecular flexibility index (Phi) is 3.94. The van der Waals surface area contributed by atoms with Crippen molar-refractivity contribution in [2.45, 2.75) is 32.4 Å². The summed E-state index contributed by atoms with van der Waals surface area (Å²) in [4.78, 5) is 19.2. The third-order valence-corrected chi connectivity index (χ3v) is 4.86. The van der Waals surface area contributed by atoms with Gasteiger partial charge in [-0.3, -0.25) is 14.7 Å². The fourth-order valence-corrected chi connectivity index (χ4v) is 3.61. The summed E-state index contributed by atoms with van der Waals surface area (Å²) in [7, 11) is 0. The van der Waals surface area contributed by atoms with Crippen LogP contribution in [0.1, 0.15) is 46.7 Å². The molecule has 1 saturated heterocycles. The number of carbonyl (C=O) groups is 1. The van der Waals surface area contributed by atoms with E-state index in [0.29, 0.717) is 6.04 Å². The van der Waals surface area contributed by atoms with Gasteiger partial charge in [0.25, 0.3) is 0 Å². The van der Waals surface area contributed by atoms with Gasteiger partial charge < -0.3 is 0 Å². The summed E-state index contributed by atoms with van der Waals surface area (Å²) in [5, 5.41) is 2.10. The molecule has 0 N–H and O–H groups in total. The summed E-state index contributed by atoms with van der Waals surface area (Å²) in [6.07, 6.45) is 4.25. The van der Waals surface area contributed by atoms with Gasteiger partial charge in [-0.15, -0.1) is 11.3 Å². The highest BCUT2D eigenvalue weighted by Gasteiger charge is 2.27. The van der Waals surface area contributed by atoms with Crippen LogP contribution in [-0.4, -0.2) is 22.2 Å². The van der Waals surface area contributed by atoms with Gasteiger partial charge in [-0.25, -0.2) is 0 Å². The van der Waals surface area contributed by atoms with Crippen LogP contribution in [-0.2, 0) is 6.54 Å². The van der Waals surface area contributed by atoms with Crippen LogP contribution in [0.5, 0.6) is 0 Å². The molecule has 0 radical (unpaired) electrons. The molecule has 0 aromatic carbocycles. The number of rotatable bonds is 4. The van der Waals surface area contributed by atoms with Gasteiger partial charge in [-0.1, -0.05) is 6.07 Å². The largest absolute Gasteiger partial charge is 0.294 e. The van der Waals surface area contributed by atoms with E-state index < -0.39 is 0 Å². The molecule has 104 valence electrons. The van der Waals surface area contributed by atoms with Crippen molar-refractivity contribution in [1.29, 1.82) is 0 Å². The second-order valence-electron chi connectivity index (χ2n) is 5.26. The maximum atomic E-state index is 11.4. The summed E-state index contributed by atoms with van der Waals surface area (Å²) in [5.41, 5.74) is 2.40. The first-order chi connectivity index (χ1) is 9.74. The molecule has 20 heavy (non-hydrogen) atoms. The summed E-state index contributed by atoms with van der Waals surface area (Å²) < 4.78 is 0. The number of Topliss-reactive ketones (excluding diaryl/α,β-unsaturated/α-hetero) is 1. The van der Waals surface area contributed by atoms with Crippen molar-refractivity contribution in [2.75, 3.05) is 6.54 Å². The Morgan fingerprint density at radius 1 is 1.50 bits per heavy atom. The smallest absolute Gasteiger partial charge is 0.169 e. The van der Waals surface area contributed by atoms with E-state index >= 15 is 0 Å². The van der Waals surface area contributed by atoms with Crippen molar-refractivity contribution in [1.82, 2.24) is 9.88 Å². The van der Waals surface area contributed by atoms with E-state index in [1.54, 1.807) is 18.3 Å². The van der Waals surface area contributed by atoms with Gasteiger partial charge in [0.2, 0.25) is 0 Å². The van der Waals surface area contributed by atoms with Crippen LogP contribution >= 0.6 is 11.3 Å². The number of nitrogens with zero attached hydrogens (tertiary/aromatic N) is 2. The highest BCUT2D eigenvalue weighted by Crippen LogP contribution is 2.32. The Bertz CT molecular complexity index is 594. The van der Waals surface area contributed by atoms with Crippen LogP contribution in [0.25, 0.3) is 0 Å². The van der Waals surface area contributed by atoms with Gasteiger partial charge in [-0.05, 0) is 55.5 Å². The van der Waals surface area contributed by atoms with Crippen LogP contribution in [0.2, 0.25) is 0 Å². The summed E-state index contributed by atoms with van der Waals surface area (Å²) >= 11 is 1.55. The predicted octanol–water partition coefficient (Wildman–Crippen LogP) is 3.68. The van der Waals surface area contributed by atoms with E-state index in [0.717, 1.165) is 23.7 Å². The average molecular weight is 286 g/mol. The molecule has 0 aliphatic carbocycles. The summed E-state index contributed by atoms with van der Waals surface area (Å²) in [5.74, 6) is 0.156. The molecule has 0 saturated carbocycles. The van der Waals surface area contributed by atoms with E-state index in [-0.39, 0.29) is 5.78 Å². The molecule has 1 aliphatic heterocycles. The zero-order valence-corrected chi connectivity index (χ0v) is 12.4. The van der Waals surface area contributed by atoms with E-state index in [4.69, 9.17) is 0 Å². The third-order valence-electron chi connectivity index (χ3n) is 3.78. The zero-order valence-electron chi connectivity index (χ0n) is 11.6. The van der Waals surface area contributed by atoms with Crippen molar-refractivity contribution >= 4 is 17.1 Å². The van der Waals surface area contributed by atoms with Crippen LogP contribution in [0, 0.1) is 0 Å². The number of ketones is 1. The minimum absolute atomic E-state index is 0.156. The molecular formula is C16H18N2OS. The zero-order chi connectivity index (χ0) is 13.9. The fourth-order valence-electron chi connectivity index (χ4n) is 2.80. The molecule has 1 fully saturated rings. The lowest BCUT2D eigenvalue weighted by Gasteiger charge is -2.23. The molecular weight excluding hydrogens is 268 g/mol. The minimum Gasteiger partial charge on any atom is -0.294 e. The lowest BCUT2D eigenvalue weighted by atomic mass is 10.1. The van der Waals surface area contributed by atoms with Gasteiger partial charge in [0.15, 0.2) is 5.78 Å².